The molecule has 3 heteroatoms. The van der Waals surface area contributed by atoms with Crippen molar-refractivity contribution in [2.24, 2.45) is 11.8 Å². The molecule has 0 spiro atoms. The van der Waals surface area contributed by atoms with E-state index in [1.54, 1.807) is 0 Å². The first-order valence-corrected chi connectivity index (χ1v) is 5.77. The topological polar surface area (TPSA) is 23.6 Å². The standard InChI is InChI=1S/C12H24N2O/c1-9(2)12(10(3)4)8-13(5)7-11(15)14(12)6/h9-10H,7-8H2,1-6H3. The second-order valence-electron chi connectivity index (χ2n) is 5.43. The molecule has 0 saturated carbocycles. The largest absolute Gasteiger partial charge is 0.337 e. The highest BCUT2D eigenvalue weighted by Crippen LogP contribution is 2.35. The Kier molecular flexibility index (Phi) is 3.44. The first kappa shape index (κ1) is 12.5. The van der Waals surface area contributed by atoms with Crippen molar-refractivity contribution in [1.29, 1.82) is 0 Å². The van der Waals surface area contributed by atoms with Crippen molar-refractivity contribution in [2.45, 2.75) is 33.2 Å². The van der Waals surface area contributed by atoms with E-state index in [-0.39, 0.29) is 11.4 Å². The molecule has 1 amide bonds. The Labute approximate surface area is 93.4 Å². The van der Waals surface area contributed by atoms with Gasteiger partial charge in [-0.3, -0.25) is 9.69 Å². The average Bonchev–Trinajstić information content (AvgIpc) is 2.10. The predicted octanol–water partition coefficient (Wildman–Crippen LogP) is 1.44. The highest BCUT2D eigenvalue weighted by Gasteiger charge is 2.46. The molecule has 1 aliphatic rings. The quantitative estimate of drug-likeness (QED) is 0.691. The van der Waals surface area contributed by atoms with E-state index in [1.807, 2.05) is 19.0 Å². The Hall–Kier alpha value is -0.570. The molecule has 0 aliphatic carbocycles. The summed E-state index contributed by atoms with van der Waals surface area (Å²) < 4.78 is 0. The summed E-state index contributed by atoms with van der Waals surface area (Å²) in [4.78, 5) is 16.0. The lowest BCUT2D eigenvalue weighted by atomic mass is 9.74. The van der Waals surface area contributed by atoms with E-state index in [1.165, 1.54) is 0 Å². The van der Waals surface area contributed by atoms with Gasteiger partial charge in [0.15, 0.2) is 0 Å². The van der Waals surface area contributed by atoms with Crippen molar-refractivity contribution < 1.29 is 4.79 Å². The molecule has 0 aromatic carbocycles. The fourth-order valence-corrected chi connectivity index (χ4v) is 2.97. The Bertz CT molecular complexity index is 240. The number of likely N-dealkylation sites (N-methyl/N-ethyl adjacent to an activating group) is 2. The molecule has 88 valence electrons. The van der Waals surface area contributed by atoms with Crippen LogP contribution in [0.15, 0.2) is 0 Å². The molecule has 1 saturated heterocycles. The second kappa shape index (κ2) is 4.12. The summed E-state index contributed by atoms with van der Waals surface area (Å²) in [6.07, 6.45) is 0. The van der Waals surface area contributed by atoms with Gasteiger partial charge in [-0.25, -0.2) is 0 Å². The molecule has 1 rings (SSSR count). The van der Waals surface area contributed by atoms with Gasteiger partial charge in [0.25, 0.3) is 0 Å². The summed E-state index contributed by atoms with van der Waals surface area (Å²) in [5, 5.41) is 0. The summed E-state index contributed by atoms with van der Waals surface area (Å²) in [6, 6.07) is 0. The van der Waals surface area contributed by atoms with Crippen LogP contribution in [0.2, 0.25) is 0 Å². The number of piperazine rings is 1. The average molecular weight is 212 g/mol. The van der Waals surface area contributed by atoms with Gasteiger partial charge in [-0.15, -0.1) is 0 Å². The maximum atomic E-state index is 11.9. The number of hydrogen-bond acceptors (Lipinski definition) is 2. The summed E-state index contributed by atoms with van der Waals surface area (Å²) >= 11 is 0. The van der Waals surface area contributed by atoms with Gasteiger partial charge in [0, 0.05) is 13.6 Å². The van der Waals surface area contributed by atoms with Gasteiger partial charge in [-0.05, 0) is 18.9 Å². The van der Waals surface area contributed by atoms with E-state index in [4.69, 9.17) is 0 Å². The Morgan fingerprint density at radius 1 is 1.13 bits per heavy atom. The lowest BCUT2D eigenvalue weighted by Crippen LogP contribution is -2.67. The second-order valence-corrected chi connectivity index (χ2v) is 5.43. The number of hydrogen-bond donors (Lipinski definition) is 0. The Balaban J connectivity index is 3.08. The number of carbonyl (C=O) groups excluding carboxylic acids is 1. The van der Waals surface area contributed by atoms with Gasteiger partial charge in [0.05, 0.1) is 12.1 Å². The monoisotopic (exact) mass is 212 g/mol. The van der Waals surface area contributed by atoms with E-state index < -0.39 is 0 Å². The summed E-state index contributed by atoms with van der Waals surface area (Å²) in [6.45, 7) is 10.4. The summed E-state index contributed by atoms with van der Waals surface area (Å²) in [5.74, 6) is 1.20. The van der Waals surface area contributed by atoms with Crippen molar-refractivity contribution in [1.82, 2.24) is 9.80 Å². The molecule has 1 heterocycles. The fraction of sp³-hybridized carbons (Fsp3) is 0.917. The minimum atomic E-state index is -0.00984. The molecule has 0 atom stereocenters. The van der Waals surface area contributed by atoms with Crippen molar-refractivity contribution in [3.63, 3.8) is 0 Å². The molecule has 15 heavy (non-hydrogen) atoms. The minimum absolute atomic E-state index is 0.00984. The van der Waals surface area contributed by atoms with Crippen LogP contribution in [-0.4, -0.2) is 48.4 Å². The smallest absolute Gasteiger partial charge is 0.237 e. The molecule has 0 aromatic rings. The van der Waals surface area contributed by atoms with Crippen molar-refractivity contribution in [3.8, 4) is 0 Å². The maximum absolute atomic E-state index is 11.9. The molecular formula is C12H24N2O. The number of nitrogens with zero attached hydrogens (tertiary/aromatic N) is 2. The van der Waals surface area contributed by atoms with Crippen molar-refractivity contribution in [3.05, 3.63) is 0 Å². The summed E-state index contributed by atoms with van der Waals surface area (Å²) in [7, 11) is 3.99. The molecule has 0 bridgehead atoms. The molecule has 0 N–H and O–H groups in total. The van der Waals surface area contributed by atoms with Crippen molar-refractivity contribution in [2.75, 3.05) is 27.2 Å². The Morgan fingerprint density at radius 3 is 2.00 bits per heavy atom. The highest BCUT2D eigenvalue weighted by molar-refractivity contribution is 5.79. The van der Waals surface area contributed by atoms with Gasteiger partial charge < -0.3 is 4.90 Å². The molecule has 1 fully saturated rings. The number of carbonyl (C=O) groups is 1. The van der Waals surface area contributed by atoms with E-state index >= 15 is 0 Å². The van der Waals surface area contributed by atoms with Gasteiger partial charge in [-0.1, -0.05) is 27.7 Å². The molecule has 3 nitrogen and oxygen atoms in total. The van der Waals surface area contributed by atoms with Gasteiger partial charge in [-0.2, -0.15) is 0 Å². The zero-order valence-electron chi connectivity index (χ0n) is 10.9. The third-order valence-electron chi connectivity index (χ3n) is 3.93. The zero-order valence-corrected chi connectivity index (χ0v) is 10.9. The van der Waals surface area contributed by atoms with Crippen LogP contribution < -0.4 is 0 Å². The number of rotatable bonds is 2. The lowest BCUT2D eigenvalue weighted by molar-refractivity contribution is -0.150. The van der Waals surface area contributed by atoms with Crippen LogP contribution in [0.25, 0.3) is 0 Å². The first-order valence-electron chi connectivity index (χ1n) is 5.77. The van der Waals surface area contributed by atoms with Crippen LogP contribution in [-0.2, 0) is 4.79 Å². The maximum Gasteiger partial charge on any atom is 0.237 e. The van der Waals surface area contributed by atoms with Crippen LogP contribution in [0.3, 0.4) is 0 Å². The summed E-state index contributed by atoms with van der Waals surface area (Å²) in [5.41, 5.74) is -0.00984. The van der Waals surface area contributed by atoms with Gasteiger partial charge in [0.1, 0.15) is 0 Å². The van der Waals surface area contributed by atoms with Crippen LogP contribution in [0, 0.1) is 11.8 Å². The van der Waals surface area contributed by atoms with Gasteiger partial charge in [0.2, 0.25) is 5.91 Å². The van der Waals surface area contributed by atoms with Crippen LogP contribution in [0.5, 0.6) is 0 Å². The Morgan fingerprint density at radius 2 is 1.60 bits per heavy atom. The zero-order chi connectivity index (χ0) is 11.8. The third kappa shape index (κ3) is 1.89. The highest BCUT2D eigenvalue weighted by atomic mass is 16.2. The van der Waals surface area contributed by atoms with E-state index in [2.05, 4.69) is 32.6 Å². The van der Waals surface area contributed by atoms with E-state index in [9.17, 15) is 4.79 Å². The van der Waals surface area contributed by atoms with Crippen LogP contribution in [0.1, 0.15) is 27.7 Å². The first-order chi connectivity index (χ1) is 6.82. The van der Waals surface area contributed by atoms with Crippen LogP contribution in [0.4, 0.5) is 0 Å². The van der Waals surface area contributed by atoms with Crippen molar-refractivity contribution >= 4 is 5.91 Å². The molecule has 0 radical (unpaired) electrons. The van der Waals surface area contributed by atoms with Crippen LogP contribution >= 0.6 is 0 Å². The molecule has 0 unspecified atom stereocenters. The lowest BCUT2D eigenvalue weighted by Gasteiger charge is -2.53. The number of amides is 1. The normalized spacial score (nSPS) is 22.9. The molecule has 1 aliphatic heterocycles. The molecule has 0 aromatic heterocycles. The van der Waals surface area contributed by atoms with E-state index in [0.717, 1.165) is 6.54 Å². The fourth-order valence-electron chi connectivity index (χ4n) is 2.97. The molecular weight excluding hydrogens is 188 g/mol. The minimum Gasteiger partial charge on any atom is -0.337 e. The van der Waals surface area contributed by atoms with Gasteiger partial charge >= 0.3 is 0 Å². The predicted molar refractivity (Wildman–Crippen MR) is 62.7 cm³/mol. The van der Waals surface area contributed by atoms with E-state index in [0.29, 0.717) is 18.4 Å². The SMILES string of the molecule is CC(C)C1(C(C)C)CN(C)CC(=O)N1C. The third-order valence-corrected chi connectivity index (χ3v) is 3.93.